The fourth-order valence-electron chi connectivity index (χ4n) is 3.71. The van der Waals surface area contributed by atoms with Gasteiger partial charge in [0.05, 0.1) is 31.3 Å². The predicted molar refractivity (Wildman–Crippen MR) is 117 cm³/mol. The Kier molecular flexibility index (Phi) is 5.83. The van der Waals surface area contributed by atoms with Gasteiger partial charge in [-0.15, -0.1) is 0 Å². The first-order valence-corrected chi connectivity index (χ1v) is 9.63. The van der Waals surface area contributed by atoms with Crippen molar-refractivity contribution >= 4 is 0 Å². The smallest absolute Gasteiger partial charge is 0.258 e. The van der Waals surface area contributed by atoms with Crippen molar-refractivity contribution in [2.24, 2.45) is 14.1 Å². The number of nitrogens with zero attached hydrogens (tertiary/aromatic N) is 2. The highest BCUT2D eigenvalue weighted by molar-refractivity contribution is 5.57. The van der Waals surface area contributed by atoms with Crippen molar-refractivity contribution in [3.8, 4) is 23.0 Å². The molecule has 0 saturated heterocycles. The molecule has 8 heteroatoms. The van der Waals surface area contributed by atoms with Crippen LogP contribution in [0.25, 0.3) is 0 Å². The molecule has 0 aliphatic rings. The first-order valence-electron chi connectivity index (χ1n) is 9.63. The van der Waals surface area contributed by atoms with Gasteiger partial charge in [0.25, 0.3) is 11.1 Å². The Morgan fingerprint density at radius 3 is 1.71 bits per heavy atom. The summed E-state index contributed by atoms with van der Waals surface area (Å²) in [5.74, 6) is -0.832. The van der Waals surface area contributed by atoms with Crippen LogP contribution in [0.1, 0.15) is 34.0 Å². The molecule has 3 rings (SSSR count). The van der Waals surface area contributed by atoms with Crippen LogP contribution in [0.2, 0.25) is 0 Å². The quantitative estimate of drug-likeness (QED) is 0.649. The Labute approximate surface area is 179 Å². The number of benzene rings is 1. The minimum atomic E-state index is -1.11. The van der Waals surface area contributed by atoms with E-state index in [4.69, 9.17) is 9.47 Å². The van der Waals surface area contributed by atoms with Crippen LogP contribution in [-0.2, 0) is 14.1 Å². The monoisotopic (exact) mass is 426 g/mol. The standard InChI is InChI=1S/C23H26N2O6/c1-12-9-16(26)20(22(28)24(12)3)19(15-11-14(30-5)7-8-18(15)31-6)21-17(27)10-13(2)25(4)23(21)29/h7-11,19,26-27H,1-6H3. The molecule has 2 heterocycles. The van der Waals surface area contributed by atoms with E-state index in [9.17, 15) is 19.8 Å². The molecule has 2 aromatic heterocycles. The van der Waals surface area contributed by atoms with E-state index in [1.807, 2.05) is 0 Å². The van der Waals surface area contributed by atoms with E-state index in [2.05, 4.69) is 0 Å². The Bertz CT molecular complexity index is 1200. The minimum Gasteiger partial charge on any atom is -0.507 e. The van der Waals surface area contributed by atoms with Gasteiger partial charge in [0.15, 0.2) is 0 Å². The zero-order valence-electron chi connectivity index (χ0n) is 18.4. The molecule has 3 aromatic rings. The molecule has 1 aromatic carbocycles. The van der Waals surface area contributed by atoms with Crippen LogP contribution >= 0.6 is 0 Å². The van der Waals surface area contributed by atoms with Crippen LogP contribution in [0.15, 0.2) is 39.9 Å². The number of hydrogen-bond donors (Lipinski definition) is 2. The first-order chi connectivity index (χ1) is 14.6. The van der Waals surface area contributed by atoms with E-state index in [1.54, 1.807) is 46.1 Å². The van der Waals surface area contributed by atoms with Crippen molar-refractivity contribution in [2.75, 3.05) is 14.2 Å². The van der Waals surface area contributed by atoms with Crippen molar-refractivity contribution in [3.63, 3.8) is 0 Å². The number of ether oxygens (including phenoxy) is 2. The lowest BCUT2D eigenvalue weighted by Crippen LogP contribution is -2.31. The average molecular weight is 426 g/mol. The largest absolute Gasteiger partial charge is 0.507 e. The van der Waals surface area contributed by atoms with Gasteiger partial charge < -0.3 is 28.8 Å². The third-order valence-electron chi connectivity index (χ3n) is 5.70. The Morgan fingerprint density at radius 2 is 1.29 bits per heavy atom. The number of pyridine rings is 2. The van der Waals surface area contributed by atoms with Crippen molar-refractivity contribution < 1.29 is 19.7 Å². The number of aromatic nitrogens is 2. The number of aromatic hydroxyl groups is 2. The molecular formula is C23H26N2O6. The maximum absolute atomic E-state index is 13.3. The Morgan fingerprint density at radius 1 is 0.806 bits per heavy atom. The molecule has 0 fully saturated rings. The van der Waals surface area contributed by atoms with Crippen molar-refractivity contribution in [2.45, 2.75) is 19.8 Å². The fourth-order valence-corrected chi connectivity index (χ4v) is 3.71. The lowest BCUT2D eigenvalue weighted by atomic mass is 9.84. The maximum Gasteiger partial charge on any atom is 0.258 e. The number of aryl methyl sites for hydroxylation is 2. The van der Waals surface area contributed by atoms with E-state index in [0.717, 1.165) is 0 Å². The van der Waals surface area contributed by atoms with Crippen LogP contribution in [-0.4, -0.2) is 33.6 Å². The van der Waals surface area contributed by atoms with Crippen LogP contribution in [0.5, 0.6) is 23.0 Å². The van der Waals surface area contributed by atoms with Crippen molar-refractivity contribution in [1.82, 2.24) is 9.13 Å². The zero-order chi connectivity index (χ0) is 23.0. The van der Waals surface area contributed by atoms with Gasteiger partial charge in [0, 0.05) is 31.0 Å². The highest BCUT2D eigenvalue weighted by Crippen LogP contribution is 2.42. The molecule has 0 bridgehead atoms. The third-order valence-corrected chi connectivity index (χ3v) is 5.70. The summed E-state index contributed by atoms with van der Waals surface area (Å²) >= 11 is 0. The predicted octanol–water partition coefficient (Wildman–Crippen LogP) is 2.31. The molecular weight excluding hydrogens is 400 g/mol. The summed E-state index contributed by atoms with van der Waals surface area (Å²) < 4.78 is 13.6. The molecule has 31 heavy (non-hydrogen) atoms. The lowest BCUT2D eigenvalue weighted by molar-refractivity contribution is 0.396. The first kappa shape index (κ1) is 22.0. The van der Waals surface area contributed by atoms with Gasteiger partial charge in [-0.2, -0.15) is 0 Å². The molecule has 2 N–H and O–H groups in total. The Balaban J connectivity index is 2.54. The molecule has 0 spiro atoms. The summed E-state index contributed by atoms with van der Waals surface area (Å²) in [4.78, 5) is 26.5. The van der Waals surface area contributed by atoms with Gasteiger partial charge in [-0.1, -0.05) is 0 Å². The molecule has 0 radical (unpaired) electrons. The summed E-state index contributed by atoms with van der Waals surface area (Å²) in [7, 11) is 6.11. The number of hydrogen-bond acceptors (Lipinski definition) is 6. The van der Waals surface area contributed by atoms with Crippen LogP contribution in [0, 0.1) is 13.8 Å². The van der Waals surface area contributed by atoms with E-state index >= 15 is 0 Å². The van der Waals surface area contributed by atoms with E-state index < -0.39 is 17.0 Å². The topological polar surface area (TPSA) is 103 Å². The van der Waals surface area contributed by atoms with E-state index in [0.29, 0.717) is 28.5 Å². The molecule has 0 atom stereocenters. The van der Waals surface area contributed by atoms with Gasteiger partial charge in [0.1, 0.15) is 23.0 Å². The van der Waals surface area contributed by atoms with Crippen LogP contribution in [0.3, 0.4) is 0 Å². The van der Waals surface area contributed by atoms with Gasteiger partial charge >= 0.3 is 0 Å². The van der Waals surface area contributed by atoms with Crippen molar-refractivity contribution in [3.05, 3.63) is 79.1 Å². The number of methoxy groups -OCH3 is 2. The van der Waals surface area contributed by atoms with Gasteiger partial charge in [0.2, 0.25) is 0 Å². The highest BCUT2D eigenvalue weighted by Gasteiger charge is 2.32. The molecule has 0 aliphatic heterocycles. The minimum absolute atomic E-state index is 0.0455. The van der Waals surface area contributed by atoms with Gasteiger partial charge in [-0.05, 0) is 44.2 Å². The van der Waals surface area contributed by atoms with Gasteiger partial charge in [-0.25, -0.2) is 0 Å². The normalized spacial score (nSPS) is 11.1. The Hall–Kier alpha value is -3.68. The molecule has 0 aliphatic carbocycles. The van der Waals surface area contributed by atoms with Crippen LogP contribution in [0.4, 0.5) is 0 Å². The summed E-state index contributed by atoms with van der Waals surface area (Å²) in [6, 6.07) is 7.85. The average Bonchev–Trinajstić information content (AvgIpc) is 2.74. The fraction of sp³-hybridized carbons (Fsp3) is 0.304. The van der Waals surface area contributed by atoms with Crippen LogP contribution < -0.4 is 20.6 Å². The highest BCUT2D eigenvalue weighted by atomic mass is 16.5. The second-order valence-corrected chi connectivity index (χ2v) is 7.44. The van der Waals surface area contributed by atoms with Crippen molar-refractivity contribution in [1.29, 1.82) is 0 Å². The second-order valence-electron chi connectivity index (χ2n) is 7.44. The summed E-state index contributed by atoms with van der Waals surface area (Å²) in [6.07, 6.45) is 0. The molecule has 0 unspecified atom stereocenters. The summed E-state index contributed by atoms with van der Waals surface area (Å²) in [5.41, 5.74) is 0.414. The SMILES string of the molecule is COc1ccc(OC)c(C(c2c(O)cc(C)n(C)c2=O)c2c(O)cc(C)n(C)c2=O)c1. The maximum atomic E-state index is 13.3. The summed E-state index contributed by atoms with van der Waals surface area (Å²) in [5, 5.41) is 21.6. The van der Waals surface area contributed by atoms with Gasteiger partial charge in [-0.3, -0.25) is 9.59 Å². The summed E-state index contributed by atoms with van der Waals surface area (Å²) in [6.45, 7) is 3.38. The second kappa shape index (κ2) is 8.22. The number of rotatable bonds is 5. The molecule has 164 valence electrons. The lowest BCUT2D eigenvalue weighted by Gasteiger charge is -2.24. The van der Waals surface area contributed by atoms with E-state index in [1.165, 1.54) is 35.5 Å². The third kappa shape index (κ3) is 3.65. The molecule has 8 nitrogen and oxygen atoms in total. The molecule has 0 saturated carbocycles. The molecule has 0 amide bonds. The van der Waals surface area contributed by atoms with E-state index in [-0.39, 0.29) is 22.6 Å². The zero-order valence-corrected chi connectivity index (χ0v) is 18.4.